The van der Waals surface area contributed by atoms with Gasteiger partial charge >= 0.3 is 0 Å². The maximum absolute atomic E-state index is 13.9. The van der Waals surface area contributed by atoms with E-state index in [1.807, 2.05) is 30.3 Å². The summed E-state index contributed by atoms with van der Waals surface area (Å²) in [6, 6.07) is 9.63. The standard InChI is InChI=1S/C26H39FN4O3/c1-26(2,3)23(30-25(32)22(33-4)14-20(27)15-28)24-29-21(19-8-6-5-7-9-19)17-31(24)16-18-10-12-34-13-11-18/h5-9,17-18,20,22-23H,10-16,28H2,1-4H3,(H,30,32)/t20-,22?,23+/m1/s1. The number of methoxy groups -OCH3 is 1. The molecule has 3 rings (SSSR count). The van der Waals surface area contributed by atoms with E-state index in [1.165, 1.54) is 7.11 Å². The van der Waals surface area contributed by atoms with Crippen LogP contribution in [0.5, 0.6) is 0 Å². The lowest BCUT2D eigenvalue weighted by Gasteiger charge is -2.33. The van der Waals surface area contributed by atoms with Gasteiger partial charge in [0.15, 0.2) is 0 Å². The minimum atomic E-state index is -1.30. The highest BCUT2D eigenvalue weighted by Gasteiger charge is 2.35. The fourth-order valence-electron chi connectivity index (χ4n) is 4.30. The summed E-state index contributed by atoms with van der Waals surface area (Å²) in [6.45, 7) is 8.37. The number of hydrogen-bond acceptors (Lipinski definition) is 5. The second kappa shape index (κ2) is 11.9. The average molecular weight is 475 g/mol. The first-order chi connectivity index (χ1) is 16.2. The SMILES string of the molecule is COC(C[C@@H](F)CN)C(=O)N[C@@H](c1nc(-c2ccccc2)cn1CC1CCOCC1)C(C)(C)C. The smallest absolute Gasteiger partial charge is 0.249 e. The van der Waals surface area contributed by atoms with Gasteiger partial charge in [-0.05, 0) is 24.2 Å². The molecule has 1 aromatic heterocycles. The molecule has 3 atom stereocenters. The van der Waals surface area contributed by atoms with Crippen LogP contribution in [0.4, 0.5) is 4.39 Å². The van der Waals surface area contributed by atoms with Gasteiger partial charge in [-0.15, -0.1) is 0 Å². The van der Waals surface area contributed by atoms with Crippen LogP contribution < -0.4 is 11.1 Å². The number of rotatable bonds is 10. The van der Waals surface area contributed by atoms with Crippen molar-refractivity contribution in [1.29, 1.82) is 0 Å². The van der Waals surface area contributed by atoms with Gasteiger partial charge in [0.05, 0.1) is 11.7 Å². The fraction of sp³-hybridized carbons (Fsp3) is 0.615. The molecule has 0 aliphatic carbocycles. The zero-order valence-electron chi connectivity index (χ0n) is 20.8. The molecule has 0 spiro atoms. The third-order valence-corrected chi connectivity index (χ3v) is 6.39. The van der Waals surface area contributed by atoms with Gasteiger partial charge in [0.25, 0.3) is 0 Å². The van der Waals surface area contributed by atoms with Crippen molar-refractivity contribution >= 4 is 5.91 Å². The highest BCUT2D eigenvalue weighted by Crippen LogP contribution is 2.35. The van der Waals surface area contributed by atoms with Crippen LogP contribution >= 0.6 is 0 Å². The van der Waals surface area contributed by atoms with E-state index in [4.69, 9.17) is 20.2 Å². The number of halogens is 1. The number of alkyl halides is 1. The Hall–Kier alpha value is -2.29. The summed E-state index contributed by atoms with van der Waals surface area (Å²) in [6.07, 6.45) is 1.76. The van der Waals surface area contributed by atoms with Crippen molar-refractivity contribution in [2.24, 2.45) is 17.1 Å². The van der Waals surface area contributed by atoms with E-state index in [-0.39, 0.29) is 24.3 Å². The van der Waals surface area contributed by atoms with Crippen LogP contribution in [0.25, 0.3) is 11.3 Å². The van der Waals surface area contributed by atoms with Crippen molar-refractivity contribution in [1.82, 2.24) is 14.9 Å². The number of carbonyl (C=O) groups is 1. The first-order valence-corrected chi connectivity index (χ1v) is 12.1. The Labute approximate surface area is 202 Å². The highest BCUT2D eigenvalue weighted by molar-refractivity contribution is 5.81. The van der Waals surface area contributed by atoms with Crippen molar-refractivity contribution in [3.63, 3.8) is 0 Å². The molecule has 1 fully saturated rings. The van der Waals surface area contributed by atoms with E-state index in [0.29, 0.717) is 5.92 Å². The minimum absolute atomic E-state index is 0.0819. The third-order valence-electron chi connectivity index (χ3n) is 6.39. The van der Waals surface area contributed by atoms with Gasteiger partial charge in [0.1, 0.15) is 18.1 Å². The molecule has 34 heavy (non-hydrogen) atoms. The van der Waals surface area contributed by atoms with Gasteiger partial charge in [0.2, 0.25) is 5.91 Å². The predicted molar refractivity (Wildman–Crippen MR) is 131 cm³/mol. The van der Waals surface area contributed by atoms with Crippen LogP contribution in [0.15, 0.2) is 36.5 Å². The summed E-state index contributed by atoms with van der Waals surface area (Å²) in [5, 5.41) is 3.12. The number of hydrogen-bond donors (Lipinski definition) is 2. The van der Waals surface area contributed by atoms with E-state index in [2.05, 4.69) is 36.9 Å². The van der Waals surface area contributed by atoms with Crippen LogP contribution in [0.2, 0.25) is 0 Å². The molecular weight excluding hydrogens is 435 g/mol. The lowest BCUT2D eigenvalue weighted by atomic mass is 9.85. The van der Waals surface area contributed by atoms with E-state index < -0.39 is 18.3 Å². The zero-order chi connectivity index (χ0) is 24.7. The van der Waals surface area contributed by atoms with Crippen molar-refractivity contribution in [3.8, 4) is 11.3 Å². The lowest BCUT2D eigenvalue weighted by Crippen LogP contribution is -2.45. The molecule has 3 N–H and O–H groups in total. The summed E-state index contributed by atoms with van der Waals surface area (Å²) in [5.74, 6) is 0.905. The summed E-state index contributed by atoms with van der Waals surface area (Å²) in [4.78, 5) is 18.1. The van der Waals surface area contributed by atoms with Crippen LogP contribution in [0.3, 0.4) is 0 Å². The summed E-state index contributed by atoms with van der Waals surface area (Å²) < 4.78 is 27.0. The quantitative estimate of drug-likeness (QED) is 0.545. The highest BCUT2D eigenvalue weighted by atomic mass is 19.1. The van der Waals surface area contributed by atoms with E-state index in [1.54, 1.807) is 0 Å². The van der Waals surface area contributed by atoms with Gasteiger partial charge in [-0.25, -0.2) is 9.37 Å². The van der Waals surface area contributed by atoms with Crippen molar-refractivity contribution in [3.05, 3.63) is 42.4 Å². The van der Waals surface area contributed by atoms with Gasteiger partial charge in [-0.1, -0.05) is 51.1 Å². The first kappa shape index (κ1) is 26.3. The number of nitrogens with zero attached hydrogens (tertiary/aromatic N) is 2. The summed E-state index contributed by atoms with van der Waals surface area (Å²) in [7, 11) is 1.42. The molecule has 1 unspecified atom stereocenters. The first-order valence-electron chi connectivity index (χ1n) is 12.1. The Kier molecular flexibility index (Phi) is 9.22. The Morgan fingerprint density at radius 1 is 1.29 bits per heavy atom. The van der Waals surface area contributed by atoms with Crippen LogP contribution in [0.1, 0.15) is 51.9 Å². The van der Waals surface area contributed by atoms with Crippen molar-refractivity contribution < 1.29 is 18.7 Å². The molecule has 0 bridgehead atoms. The molecule has 188 valence electrons. The largest absolute Gasteiger partial charge is 0.381 e. The zero-order valence-corrected chi connectivity index (χ0v) is 20.8. The Balaban J connectivity index is 1.95. The van der Waals surface area contributed by atoms with E-state index >= 15 is 0 Å². The second-order valence-corrected chi connectivity index (χ2v) is 10.2. The number of aromatic nitrogens is 2. The number of nitrogens with two attached hydrogens (primary N) is 1. The molecule has 0 saturated carbocycles. The van der Waals surface area contributed by atoms with Crippen molar-refractivity contribution in [2.75, 3.05) is 26.9 Å². The molecule has 1 aliphatic heterocycles. The average Bonchev–Trinajstić information content (AvgIpc) is 3.24. The maximum atomic E-state index is 13.9. The van der Waals surface area contributed by atoms with Crippen LogP contribution in [0, 0.1) is 11.3 Å². The molecule has 1 aromatic carbocycles. The van der Waals surface area contributed by atoms with E-state index in [0.717, 1.165) is 49.7 Å². The number of imidazole rings is 1. The third kappa shape index (κ3) is 6.87. The summed E-state index contributed by atoms with van der Waals surface area (Å²) >= 11 is 0. The fourth-order valence-corrected chi connectivity index (χ4v) is 4.30. The Morgan fingerprint density at radius 3 is 2.56 bits per heavy atom. The van der Waals surface area contributed by atoms with E-state index in [9.17, 15) is 9.18 Å². The Morgan fingerprint density at radius 2 is 1.97 bits per heavy atom. The van der Waals surface area contributed by atoms with Gasteiger partial charge in [-0.2, -0.15) is 0 Å². The molecule has 2 heterocycles. The molecule has 7 nitrogen and oxygen atoms in total. The number of nitrogens with one attached hydrogen (secondary N) is 1. The molecule has 1 aliphatic rings. The topological polar surface area (TPSA) is 91.4 Å². The van der Waals surface area contributed by atoms with Crippen LogP contribution in [-0.2, 0) is 20.8 Å². The van der Waals surface area contributed by atoms with Gasteiger partial charge in [0, 0.05) is 51.6 Å². The number of carbonyl (C=O) groups excluding carboxylic acids is 1. The molecule has 1 saturated heterocycles. The monoisotopic (exact) mass is 474 g/mol. The summed E-state index contributed by atoms with van der Waals surface area (Å²) in [5.41, 5.74) is 6.96. The Bertz CT molecular complexity index is 907. The minimum Gasteiger partial charge on any atom is -0.381 e. The number of benzene rings is 1. The molecule has 8 heteroatoms. The molecular formula is C26H39FN4O3. The molecule has 2 aromatic rings. The maximum Gasteiger partial charge on any atom is 0.249 e. The second-order valence-electron chi connectivity index (χ2n) is 10.2. The van der Waals surface area contributed by atoms with Crippen LogP contribution in [-0.4, -0.2) is 54.6 Å². The van der Waals surface area contributed by atoms with Gasteiger partial charge in [-0.3, -0.25) is 4.79 Å². The lowest BCUT2D eigenvalue weighted by molar-refractivity contribution is -0.134. The van der Waals surface area contributed by atoms with Gasteiger partial charge < -0.3 is 25.1 Å². The number of ether oxygens (including phenoxy) is 2. The molecule has 0 radical (unpaired) electrons. The number of amides is 1. The molecule has 1 amide bonds. The van der Waals surface area contributed by atoms with Crippen molar-refractivity contribution in [2.45, 2.75) is 64.9 Å². The normalized spacial score (nSPS) is 17.8. The predicted octanol–water partition coefficient (Wildman–Crippen LogP) is 3.88.